The molecule has 1 atom stereocenters. The van der Waals surface area contributed by atoms with Gasteiger partial charge in [-0.1, -0.05) is 43.4 Å². The van der Waals surface area contributed by atoms with E-state index in [0.29, 0.717) is 17.8 Å². The highest BCUT2D eigenvalue weighted by atomic mass is 16.3. The zero-order valence-corrected chi connectivity index (χ0v) is 20.0. The van der Waals surface area contributed by atoms with Crippen LogP contribution in [-0.2, 0) is 11.3 Å². The highest BCUT2D eigenvalue weighted by molar-refractivity contribution is 6.14. The summed E-state index contributed by atoms with van der Waals surface area (Å²) in [6, 6.07) is 9.95. The minimum absolute atomic E-state index is 0.0876. The Bertz CT molecular complexity index is 1230. The van der Waals surface area contributed by atoms with E-state index in [1.165, 1.54) is 12.8 Å². The van der Waals surface area contributed by atoms with Gasteiger partial charge in [-0.3, -0.25) is 14.5 Å². The lowest BCUT2D eigenvalue weighted by atomic mass is 9.92. The molecule has 1 aliphatic carbocycles. The minimum Gasteiger partial charge on any atom is -0.460 e. The summed E-state index contributed by atoms with van der Waals surface area (Å²) in [4.78, 5) is 29.6. The molecule has 5 rings (SSSR count). The van der Waals surface area contributed by atoms with E-state index in [1.54, 1.807) is 4.90 Å². The maximum Gasteiger partial charge on any atom is 0.276 e. The maximum atomic E-state index is 14.0. The monoisotopic (exact) mass is 447 g/mol. The molecule has 2 amide bonds. The molecule has 6 nitrogen and oxygen atoms in total. The van der Waals surface area contributed by atoms with Crippen LogP contribution in [0.15, 0.2) is 34.7 Å². The van der Waals surface area contributed by atoms with Gasteiger partial charge in [0, 0.05) is 23.9 Å². The number of furan rings is 1. The quantitative estimate of drug-likeness (QED) is 0.545. The van der Waals surface area contributed by atoms with Gasteiger partial charge in [0.15, 0.2) is 5.58 Å². The number of anilines is 1. The first-order valence-electron chi connectivity index (χ1n) is 12.1. The number of carbonyl (C=O) groups excluding carboxylic acids is 2. The molecule has 174 valence electrons. The van der Waals surface area contributed by atoms with E-state index in [2.05, 4.69) is 11.4 Å². The molecule has 0 saturated heterocycles. The van der Waals surface area contributed by atoms with E-state index in [0.717, 1.165) is 53.8 Å². The summed E-state index contributed by atoms with van der Waals surface area (Å²) in [5, 5.41) is 3.33. The highest BCUT2D eigenvalue weighted by Gasteiger charge is 2.49. The van der Waals surface area contributed by atoms with Gasteiger partial charge in [-0.2, -0.15) is 0 Å². The molecular weight excluding hydrogens is 414 g/mol. The SMILES string of the molecule is Cc1ccc(N2C(=O)c3cc4oc(C)cc4n3CC2(C)C(=O)NC2CCCCCC2)c(C)c1. The largest absolute Gasteiger partial charge is 0.460 e. The molecule has 3 heterocycles. The Morgan fingerprint density at radius 2 is 1.79 bits per heavy atom. The summed E-state index contributed by atoms with van der Waals surface area (Å²) in [7, 11) is 0. The van der Waals surface area contributed by atoms with Gasteiger partial charge >= 0.3 is 0 Å². The Morgan fingerprint density at radius 3 is 2.48 bits per heavy atom. The van der Waals surface area contributed by atoms with Crippen molar-refractivity contribution in [2.45, 2.75) is 84.3 Å². The number of hydrogen-bond donors (Lipinski definition) is 1. The number of hydrogen-bond acceptors (Lipinski definition) is 3. The van der Waals surface area contributed by atoms with E-state index in [4.69, 9.17) is 4.42 Å². The smallest absolute Gasteiger partial charge is 0.276 e. The van der Waals surface area contributed by atoms with Crippen LogP contribution in [0.5, 0.6) is 0 Å². The summed E-state index contributed by atoms with van der Waals surface area (Å²) < 4.78 is 7.78. The van der Waals surface area contributed by atoms with Crippen LogP contribution in [0.3, 0.4) is 0 Å². The summed E-state index contributed by atoms with van der Waals surface area (Å²) in [6.07, 6.45) is 6.72. The van der Waals surface area contributed by atoms with Crippen LogP contribution < -0.4 is 10.2 Å². The zero-order chi connectivity index (χ0) is 23.3. The van der Waals surface area contributed by atoms with Crippen molar-refractivity contribution in [2.24, 2.45) is 0 Å². The predicted octanol–water partition coefficient (Wildman–Crippen LogP) is 5.42. The molecule has 0 bridgehead atoms. The van der Waals surface area contributed by atoms with Gasteiger partial charge in [-0.05, 0) is 52.2 Å². The van der Waals surface area contributed by atoms with Crippen LogP contribution in [0.2, 0.25) is 0 Å². The standard InChI is InChI=1S/C27H33N3O3/c1-17-11-12-21(18(2)13-17)30-25(31)23-15-24-22(14-19(3)33-24)29(23)16-27(30,4)26(32)28-20-9-7-5-6-8-10-20/h11-15,20H,5-10,16H2,1-4H3,(H,28,32). The van der Waals surface area contributed by atoms with Crippen LogP contribution >= 0.6 is 0 Å². The normalized spacial score (nSPS) is 21.8. The summed E-state index contributed by atoms with van der Waals surface area (Å²) in [6.45, 7) is 8.22. The van der Waals surface area contributed by atoms with Gasteiger partial charge < -0.3 is 14.3 Å². The van der Waals surface area contributed by atoms with Gasteiger partial charge in [0.25, 0.3) is 5.91 Å². The average molecular weight is 448 g/mol. The third-order valence-electron chi connectivity index (χ3n) is 7.37. The van der Waals surface area contributed by atoms with Gasteiger partial charge in [0.05, 0.1) is 12.1 Å². The third kappa shape index (κ3) is 3.65. The molecule has 1 aliphatic heterocycles. The second-order valence-corrected chi connectivity index (χ2v) is 10.1. The lowest BCUT2D eigenvalue weighted by Crippen LogP contribution is -2.65. The Kier molecular flexibility index (Phi) is 5.34. The molecule has 6 heteroatoms. The average Bonchev–Trinajstić information content (AvgIpc) is 3.15. The molecule has 0 radical (unpaired) electrons. The minimum atomic E-state index is -1.06. The van der Waals surface area contributed by atoms with E-state index in [9.17, 15) is 9.59 Å². The van der Waals surface area contributed by atoms with Gasteiger partial charge in [-0.25, -0.2) is 0 Å². The fraction of sp³-hybridized carbons (Fsp3) is 0.481. The molecule has 3 aromatic rings. The molecule has 1 fully saturated rings. The fourth-order valence-electron chi connectivity index (χ4n) is 5.60. The lowest BCUT2D eigenvalue weighted by Gasteiger charge is -2.45. The van der Waals surface area contributed by atoms with Crippen molar-refractivity contribution >= 4 is 28.6 Å². The first-order chi connectivity index (χ1) is 15.8. The number of fused-ring (bicyclic) bond motifs is 3. The Hall–Kier alpha value is -3.02. The Balaban J connectivity index is 1.61. The molecular formula is C27H33N3O3. The number of aromatic nitrogens is 1. The molecule has 1 N–H and O–H groups in total. The summed E-state index contributed by atoms with van der Waals surface area (Å²) in [5.41, 5.74) is 3.94. The van der Waals surface area contributed by atoms with Crippen LogP contribution in [0.1, 0.15) is 72.8 Å². The van der Waals surface area contributed by atoms with E-state index in [-0.39, 0.29) is 17.9 Å². The Labute approximate surface area is 194 Å². The molecule has 1 saturated carbocycles. The maximum absolute atomic E-state index is 14.0. The molecule has 1 aromatic carbocycles. The van der Waals surface area contributed by atoms with Crippen molar-refractivity contribution in [1.82, 2.24) is 9.88 Å². The predicted molar refractivity (Wildman–Crippen MR) is 130 cm³/mol. The molecule has 2 aromatic heterocycles. The first-order valence-corrected chi connectivity index (χ1v) is 12.1. The number of carbonyl (C=O) groups is 2. The van der Waals surface area contributed by atoms with Gasteiger partial charge in [0.2, 0.25) is 5.91 Å². The zero-order valence-electron chi connectivity index (χ0n) is 20.0. The number of nitrogens with one attached hydrogen (secondary N) is 1. The number of rotatable bonds is 3. The lowest BCUT2D eigenvalue weighted by molar-refractivity contribution is -0.127. The Morgan fingerprint density at radius 1 is 1.06 bits per heavy atom. The molecule has 33 heavy (non-hydrogen) atoms. The van der Waals surface area contributed by atoms with Crippen molar-refractivity contribution in [2.75, 3.05) is 4.90 Å². The van der Waals surface area contributed by atoms with E-state index in [1.807, 2.05) is 56.5 Å². The number of benzene rings is 1. The van der Waals surface area contributed by atoms with Crippen molar-refractivity contribution in [3.63, 3.8) is 0 Å². The van der Waals surface area contributed by atoms with Crippen molar-refractivity contribution < 1.29 is 14.0 Å². The number of nitrogens with zero attached hydrogens (tertiary/aromatic N) is 2. The van der Waals surface area contributed by atoms with Crippen LogP contribution in [0.25, 0.3) is 11.1 Å². The number of amides is 2. The van der Waals surface area contributed by atoms with Crippen LogP contribution in [0, 0.1) is 20.8 Å². The van der Waals surface area contributed by atoms with Gasteiger partial charge in [0.1, 0.15) is 17.0 Å². The van der Waals surface area contributed by atoms with E-state index < -0.39 is 5.54 Å². The van der Waals surface area contributed by atoms with Crippen molar-refractivity contribution in [1.29, 1.82) is 0 Å². The van der Waals surface area contributed by atoms with E-state index >= 15 is 0 Å². The third-order valence-corrected chi connectivity index (χ3v) is 7.37. The van der Waals surface area contributed by atoms with Crippen molar-refractivity contribution in [3.05, 3.63) is 52.9 Å². The first kappa shape index (κ1) is 21.8. The molecule has 1 unspecified atom stereocenters. The second kappa shape index (κ2) is 8.08. The summed E-state index contributed by atoms with van der Waals surface area (Å²) in [5.74, 6) is 0.537. The molecule has 2 aliphatic rings. The fourth-order valence-corrected chi connectivity index (χ4v) is 5.60. The number of aryl methyl sites for hydroxylation is 3. The second-order valence-electron chi connectivity index (χ2n) is 10.1. The summed E-state index contributed by atoms with van der Waals surface area (Å²) >= 11 is 0. The van der Waals surface area contributed by atoms with Crippen molar-refractivity contribution in [3.8, 4) is 0 Å². The highest BCUT2D eigenvalue weighted by Crippen LogP contribution is 2.38. The molecule has 0 spiro atoms. The van der Waals surface area contributed by atoms with Crippen LogP contribution in [0.4, 0.5) is 5.69 Å². The topological polar surface area (TPSA) is 67.5 Å². The van der Waals surface area contributed by atoms with Crippen LogP contribution in [-0.4, -0.2) is 28.0 Å². The van der Waals surface area contributed by atoms with Gasteiger partial charge in [-0.15, -0.1) is 0 Å².